The second-order valence-corrected chi connectivity index (χ2v) is 5.90. The number of rotatable bonds is 1. The number of urea groups is 1. The van der Waals surface area contributed by atoms with Crippen LogP contribution in [-0.2, 0) is 0 Å². The fourth-order valence-corrected chi connectivity index (χ4v) is 3.08. The van der Waals surface area contributed by atoms with Crippen LogP contribution in [0.15, 0.2) is 4.79 Å². The van der Waals surface area contributed by atoms with Crippen molar-refractivity contribution in [1.29, 1.82) is 0 Å². The molecule has 1 saturated heterocycles. The molecule has 0 aromatic carbocycles. The first-order chi connectivity index (χ1) is 10.4. The second kappa shape index (κ2) is 5.11. The van der Waals surface area contributed by atoms with Crippen LogP contribution in [-0.4, -0.2) is 59.4 Å². The van der Waals surface area contributed by atoms with Crippen molar-refractivity contribution in [3.8, 4) is 0 Å². The molecule has 118 valence electrons. The maximum Gasteiger partial charge on any atom is 0.325 e. The van der Waals surface area contributed by atoms with Gasteiger partial charge in [-0.15, -0.1) is 0 Å². The Kier molecular flexibility index (Phi) is 3.38. The molecule has 1 atom stereocenters. The standard InChI is InChI=1S/C14H19N5O3/c1-17(2)13(21)10-15-11-9(12(20)16-10)8-6-4-5-7-19(8)14(22)18(11)3/h8H,4-7H2,1-3H3,(H,15,16,20). The number of nitrogens with zero attached hydrogens (tertiary/aromatic N) is 4. The van der Waals surface area contributed by atoms with Crippen molar-refractivity contribution in [3.63, 3.8) is 0 Å². The Morgan fingerprint density at radius 3 is 2.73 bits per heavy atom. The predicted octanol–water partition coefficient (Wildman–Crippen LogP) is 0.569. The van der Waals surface area contributed by atoms with Crippen LogP contribution in [0.1, 0.15) is 41.5 Å². The number of aromatic amines is 1. The molecule has 1 aromatic heterocycles. The first-order valence-electron chi connectivity index (χ1n) is 7.32. The molecule has 3 heterocycles. The molecule has 0 spiro atoms. The molecule has 0 aliphatic carbocycles. The minimum absolute atomic E-state index is 0.0438. The van der Waals surface area contributed by atoms with E-state index in [0.29, 0.717) is 17.9 Å². The van der Waals surface area contributed by atoms with Gasteiger partial charge in [0.05, 0.1) is 11.6 Å². The number of amides is 3. The third-order valence-corrected chi connectivity index (χ3v) is 4.23. The fraction of sp³-hybridized carbons (Fsp3) is 0.571. The van der Waals surface area contributed by atoms with E-state index in [4.69, 9.17) is 0 Å². The number of fused-ring (bicyclic) bond motifs is 3. The summed E-state index contributed by atoms with van der Waals surface area (Å²) in [5.41, 5.74) is 0.142. The topological polar surface area (TPSA) is 89.6 Å². The Labute approximate surface area is 127 Å². The molecule has 0 radical (unpaired) electrons. The Bertz CT molecular complexity index is 696. The highest BCUT2D eigenvalue weighted by Gasteiger charge is 2.40. The molecule has 0 bridgehead atoms. The summed E-state index contributed by atoms with van der Waals surface area (Å²) in [7, 11) is 4.75. The van der Waals surface area contributed by atoms with Crippen LogP contribution < -0.4 is 10.5 Å². The highest BCUT2D eigenvalue weighted by atomic mass is 16.2. The van der Waals surface area contributed by atoms with E-state index < -0.39 is 5.91 Å². The SMILES string of the molecule is CN(C)C(=O)c1nc2c(c(=O)[nH]1)C1CCCCN1C(=O)N2C. The summed E-state index contributed by atoms with van der Waals surface area (Å²) in [4.78, 5) is 48.2. The van der Waals surface area contributed by atoms with Crippen LogP contribution in [0.4, 0.5) is 10.6 Å². The highest BCUT2D eigenvalue weighted by Crippen LogP contribution is 2.38. The van der Waals surface area contributed by atoms with Gasteiger partial charge in [-0.2, -0.15) is 0 Å². The molecule has 1 aromatic rings. The average molecular weight is 305 g/mol. The molecule has 1 unspecified atom stereocenters. The second-order valence-electron chi connectivity index (χ2n) is 5.90. The number of aromatic nitrogens is 2. The molecule has 1 N–H and O–H groups in total. The molecule has 0 saturated carbocycles. The normalized spacial score (nSPS) is 20.5. The van der Waals surface area contributed by atoms with E-state index in [1.807, 2.05) is 0 Å². The van der Waals surface area contributed by atoms with Crippen LogP contribution in [0, 0.1) is 0 Å². The zero-order valence-electron chi connectivity index (χ0n) is 12.9. The molecule has 8 heteroatoms. The van der Waals surface area contributed by atoms with Gasteiger partial charge in [-0.05, 0) is 19.3 Å². The van der Waals surface area contributed by atoms with Crippen molar-refractivity contribution < 1.29 is 9.59 Å². The summed E-state index contributed by atoms with van der Waals surface area (Å²) in [6.07, 6.45) is 2.65. The molecule has 2 aliphatic heterocycles. The van der Waals surface area contributed by atoms with Crippen LogP contribution in [0.5, 0.6) is 0 Å². The summed E-state index contributed by atoms with van der Waals surface area (Å²) in [5.74, 6) is -0.147. The number of carbonyl (C=O) groups excluding carboxylic acids is 2. The number of hydrogen-bond donors (Lipinski definition) is 1. The van der Waals surface area contributed by atoms with E-state index in [1.165, 1.54) is 9.80 Å². The van der Waals surface area contributed by atoms with Gasteiger partial charge in [0, 0.05) is 27.7 Å². The Balaban J connectivity index is 2.16. The van der Waals surface area contributed by atoms with E-state index in [2.05, 4.69) is 9.97 Å². The number of H-pyrrole nitrogens is 1. The Morgan fingerprint density at radius 2 is 2.05 bits per heavy atom. The third-order valence-electron chi connectivity index (χ3n) is 4.23. The average Bonchev–Trinajstić information content (AvgIpc) is 2.51. The van der Waals surface area contributed by atoms with E-state index in [-0.39, 0.29) is 23.5 Å². The number of hydrogen-bond acceptors (Lipinski definition) is 4. The largest absolute Gasteiger partial charge is 0.342 e. The molecule has 22 heavy (non-hydrogen) atoms. The summed E-state index contributed by atoms with van der Waals surface area (Å²) in [6, 6.07) is -0.411. The lowest BCUT2D eigenvalue weighted by molar-refractivity contribution is 0.0814. The van der Waals surface area contributed by atoms with Gasteiger partial charge >= 0.3 is 6.03 Å². The van der Waals surface area contributed by atoms with Crippen molar-refractivity contribution in [2.24, 2.45) is 0 Å². The fourth-order valence-electron chi connectivity index (χ4n) is 3.08. The number of anilines is 1. The third kappa shape index (κ3) is 2.06. The minimum atomic E-state index is -0.396. The molecule has 3 rings (SSSR count). The van der Waals surface area contributed by atoms with Gasteiger partial charge in [0.15, 0.2) is 0 Å². The van der Waals surface area contributed by atoms with Crippen LogP contribution in [0.3, 0.4) is 0 Å². The van der Waals surface area contributed by atoms with E-state index >= 15 is 0 Å². The van der Waals surface area contributed by atoms with Gasteiger partial charge in [-0.3, -0.25) is 14.5 Å². The molecular formula is C14H19N5O3. The van der Waals surface area contributed by atoms with E-state index in [9.17, 15) is 14.4 Å². The molecular weight excluding hydrogens is 286 g/mol. The number of carbonyl (C=O) groups is 2. The van der Waals surface area contributed by atoms with Gasteiger partial charge in [0.2, 0.25) is 5.82 Å². The Morgan fingerprint density at radius 1 is 1.32 bits per heavy atom. The monoisotopic (exact) mass is 305 g/mol. The molecule has 1 fully saturated rings. The van der Waals surface area contributed by atoms with Crippen LogP contribution in [0.2, 0.25) is 0 Å². The zero-order valence-corrected chi connectivity index (χ0v) is 12.9. The lowest BCUT2D eigenvalue weighted by atomic mass is 9.94. The first-order valence-corrected chi connectivity index (χ1v) is 7.32. The summed E-state index contributed by atoms with van der Waals surface area (Å²) >= 11 is 0. The highest BCUT2D eigenvalue weighted by molar-refractivity contribution is 5.95. The smallest absolute Gasteiger partial charge is 0.325 e. The van der Waals surface area contributed by atoms with Crippen molar-refractivity contribution >= 4 is 17.8 Å². The number of piperidine rings is 1. The van der Waals surface area contributed by atoms with Crippen molar-refractivity contribution in [2.75, 3.05) is 32.6 Å². The summed E-state index contributed by atoms with van der Waals surface area (Å²) < 4.78 is 0. The maximum absolute atomic E-state index is 12.5. The molecule has 2 aliphatic rings. The van der Waals surface area contributed by atoms with Crippen LogP contribution >= 0.6 is 0 Å². The molecule has 3 amide bonds. The lowest BCUT2D eigenvalue weighted by Crippen LogP contribution is -2.52. The van der Waals surface area contributed by atoms with Crippen molar-refractivity contribution in [1.82, 2.24) is 19.8 Å². The van der Waals surface area contributed by atoms with Gasteiger partial charge in [-0.1, -0.05) is 0 Å². The van der Waals surface area contributed by atoms with E-state index in [0.717, 1.165) is 19.3 Å². The summed E-state index contributed by atoms with van der Waals surface area (Å²) in [6.45, 7) is 0.644. The van der Waals surface area contributed by atoms with Crippen molar-refractivity contribution in [2.45, 2.75) is 25.3 Å². The van der Waals surface area contributed by atoms with Crippen LogP contribution in [0.25, 0.3) is 0 Å². The lowest BCUT2D eigenvalue weighted by Gasteiger charge is -2.42. The van der Waals surface area contributed by atoms with Gasteiger partial charge in [-0.25, -0.2) is 9.78 Å². The van der Waals surface area contributed by atoms with Crippen molar-refractivity contribution in [3.05, 3.63) is 21.7 Å². The Hall–Kier alpha value is -2.38. The van der Waals surface area contributed by atoms with Gasteiger partial charge in [0.1, 0.15) is 5.82 Å². The zero-order chi connectivity index (χ0) is 16.0. The summed E-state index contributed by atoms with van der Waals surface area (Å²) in [5, 5.41) is 0. The predicted molar refractivity (Wildman–Crippen MR) is 80.0 cm³/mol. The molecule has 8 nitrogen and oxygen atoms in total. The first kappa shape index (κ1) is 14.6. The quantitative estimate of drug-likeness (QED) is 0.821. The minimum Gasteiger partial charge on any atom is -0.342 e. The van der Waals surface area contributed by atoms with E-state index in [1.54, 1.807) is 26.0 Å². The maximum atomic E-state index is 12.5. The number of nitrogens with one attached hydrogen (secondary N) is 1. The van der Waals surface area contributed by atoms with Gasteiger partial charge < -0.3 is 14.8 Å². The van der Waals surface area contributed by atoms with Gasteiger partial charge in [0.25, 0.3) is 11.5 Å².